The third-order valence-electron chi connectivity index (χ3n) is 4.86. The first-order valence-corrected chi connectivity index (χ1v) is 12.7. The van der Waals surface area contributed by atoms with Gasteiger partial charge in [-0.1, -0.05) is 52.7 Å². The second-order valence-electron chi connectivity index (χ2n) is 7.10. The van der Waals surface area contributed by atoms with Gasteiger partial charge in [-0.05, 0) is 73.8 Å². The second-order valence-corrected chi connectivity index (χ2v) is 10.1. The molecule has 4 aromatic rings. The minimum atomic E-state index is -0.216. The van der Waals surface area contributed by atoms with Crippen LogP contribution < -0.4 is 10.3 Å². The summed E-state index contributed by atoms with van der Waals surface area (Å²) in [4.78, 5) is 17.7. The molecule has 1 heterocycles. The van der Waals surface area contributed by atoms with E-state index in [0.29, 0.717) is 40.5 Å². The van der Waals surface area contributed by atoms with Crippen molar-refractivity contribution in [3.05, 3.63) is 100 Å². The number of aromatic nitrogens is 2. The molecular formula is C24H17Br3ClN3O2. The molecule has 0 aliphatic heterocycles. The van der Waals surface area contributed by atoms with Crippen molar-refractivity contribution in [2.75, 3.05) is 0 Å². The molecule has 0 saturated carbocycles. The molecule has 0 aliphatic rings. The van der Waals surface area contributed by atoms with E-state index in [2.05, 4.69) is 57.9 Å². The van der Waals surface area contributed by atoms with Gasteiger partial charge in [-0.2, -0.15) is 9.78 Å². The molecule has 1 aromatic heterocycles. The van der Waals surface area contributed by atoms with E-state index in [1.54, 1.807) is 12.3 Å². The van der Waals surface area contributed by atoms with Gasteiger partial charge in [0.1, 0.15) is 18.2 Å². The van der Waals surface area contributed by atoms with Crippen LogP contribution in [0.3, 0.4) is 0 Å². The van der Waals surface area contributed by atoms with Crippen LogP contribution in [0.15, 0.2) is 77.9 Å². The van der Waals surface area contributed by atoms with Gasteiger partial charge < -0.3 is 4.74 Å². The third-order valence-corrected chi connectivity index (χ3v) is 6.90. The first-order chi connectivity index (χ1) is 15.9. The fourth-order valence-corrected chi connectivity index (χ4v) is 5.23. The van der Waals surface area contributed by atoms with Crippen molar-refractivity contribution in [1.29, 1.82) is 0 Å². The Morgan fingerprint density at radius 3 is 2.52 bits per heavy atom. The molecular weight excluding hydrogens is 637 g/mol. The SMILES string of the molecule is CCc1nc2ccc(Br)cc2c(=O)n1N=Cc1cc(Br)c(OCc2ccccc2Cl)c(Br)c1. The predicted molar refractivity (Wildman–Crippen MR) is 144 cm³/mol. The number of hydrogen-bond acceptors (Lipinski definition) is 4. The van der Waals surface area contributed by atoms with E-state index in [1.165, 1.54) is 4.68 Å². The molecule has 0 bridgehead atoms. The molecule has 0 unspecified atom stereocenters. The number of rotatable bonds is 6. The van der Waals surface area contributed by atoms with Gasteiger partial charge in [0.25, 0.3) is 5.56 Å². The lowest BCUT2D eigenvalue weighted by atomic mass is 10.2. The maximum absolute atomic E-state index is 13.1. The summed E-state index contributed by atoms with van der Waals surface area (Å²) in [6.07, 6.45) is 2.19. The van der Waals surface area contributed by atoms with E-state index >= 15 is 0 Å². The van der Waals surface area contributed by atoms with Crippen molar-refractivity contribution in [1.82, 2.24) is 9.66 Å². The Kier molecular flexibility index (Phi) is 7.69. The number of aryl methyl sites for hydroxylation is 1. The smallest absolute Gasteiger partial charge is 0.282 e. The van der Waals surface area contributed by atoms with Crippen LogP contribution in [0, 0.1) is 0 Å². The third kappa shape index (κ3) is 5.40. The molecule has 9 heteroatoms. The summed E-state index contributed by atoms with van der Waals surface area (Å²) in [7, 11) is 0. The van der Waals surface area contributed by atoms with Crippen LogP contribution in [0.25, 0.3) is 10.9 Å². The molecule has 0 radical (unpaired) electrons. The molecule has 0 saturated heterocycles. The summed E-state index contributed by atoms with van der Waals surface area (Å²) in [5.41, 5.74) is 2.11. The second kappa shape index (κ2) is 10.5. The Morgan fingerprint density at radius 1 is 1.09 bits per heavy atom. The Labute approximate surface area is 220 Å². The van der Waals surface area contributed by atoms with Crippen LogP contribution in [0.2, 0.25) is 5.02 Å². The molecule has 4 rings (SSSR count). The zero-order valence-electron chi connectivity index (χ0n) is 17.4. The fourth-order valence-electron chi connectivity index (χ4n) is 3.22. The molecule has 33 heavy (non-hydrogen) atoms. The number of halogens is 4. The Bertz CT molecular complexity index is 1410. The average Bonchev–Trinajstić information content (AvgIpc) is 2.79. The highest BCUT2D eigenvalue weighted by Crippen LogP contribution is 2.35. The molecule has 0 N–H and O–H groups in total. The topological polar surface area (TPSA) is 56.5 Å². The first-order valence-electron chi connectivity index (χ1n) is 9.98. The zero-order valence-corrected chi connectivity index (χ0v) is 22.9. The summed E-state index contributed by atoms with van der Waals surface area (Å²) in [5.74, 6) is 1.24. The number of benzene rings is 3. The number of hydrogen-bond donors (Lipinski definition) is 0. The lowest BCUT2D eigenvalue weighted by molar-refractivity contribution is 0.302. The minimum Gasteiger partial charge on any atom is -0.486 e. The standard InChI is InChI=1S/C24H17Br3ClN3O2/c1-2-22-30-21-8-7-16(25)11-17(21)24(32)31(22)29-12-14-9-18(26)23(19(27)10-14)33-13-15-5-3-4-6-20(15)28/h3-12H,2,13H2,1H3. The van der Waals surface area contributed by atoms with E-state index in [4.69, 9.17) is 16.3 Å². The predicted octanol–water partition coefficient (Wildman–Crippen LogP) is 7.36. The average molecular weight is 655 g/mol. The van der Waals surface area contributed by atoms with Crippen molar-refractivity contribution in [3.8, 4) is 5.75 Å². The fraction of sp³-hybridized carbons (Fsp3) is 0.125. The van der Waals surface area contributed by atoms with Crippen LogP contribution in [-0.4, -0.2) is 15.9 Å². The molecule has 0 amide bonds. The quantitative estimate of drug-likeness (QED) is 0.204. The summed E-state index contributed by atoms with van der Waals surface area (Å²) >= 11 is 16.8. The van der Waals surface area contributed by atoms with Crippen LogP contribution in [0.5, 0.6) is 5.75 Å². The van der Waals surface area contributed by atoms with Crippen molar-refractivity contribution >= 4 is 76.5 Å². The van der Waals surface area contributed by atoms with Gasteiger partial charge in [0, 0.05) is 21.5 Å². The van der Waals surface area contributed by atoms with Gasteiger partial charge in [-0.15, -0.1) is 0 Å². The molecule has 0 aliphatic carbocycles. The lowest BCUT2D eigenvalue weighted by Gasteiger charge is -2.12. The monoisotopic (exact) mass is 651 g/mol. The summed E-state index contributed by atoms with van der Waals surface area (Å²) in [6, 6.07) is 16.7. The van der Waals surface area contributed by atoms with E-state index in [0.717, 1.165) is 24.5 Å². The van der Waals surface area contributed by atoms with E-state index in [-0.39, 0.29) is 5.56 Å². The maximum atomic E-state index is 13.1. The lowest BCUT2D eigenvalue weighted by Crippen LogP contribution is -2.22. The van der Waals surface area contributed by atoms with Gasteiger partial charge in [0.05, 0.1) is 26.1 Å². The molecule has 0 atom stereocenters. The number of nitrogens with zero attached hydrogens (tertiary/aromatic N) is 3. The summed E-state index contributed by atoms with van der Waals surface area (Å²) in [6.45, 7) is 2.27. The molecule has 0 fully saturated rings. The van der Waals surface area contributed by atoms with Crippen LogP contribution in [-0.2, 0) is 13.0 Å². The van der Waals surface area contributed by atoms with E-state index < -0.39 is 0 Å². The number of fused-ring (bicyclic) bond motifs is 1. The largest absolute Gasteiger partial charge is 0.486 e. The van der Waals surface area contributed by atoms with Crippen LogP contribution in [0.1, 0.15) is 23.9 Å². The molecule has 168 valence electrons. The van der Waals surface area contributed by atoms with E-state index in [9.17, 15) is 4.79 Å². The Balaban J connectivity index is 1.64. The van der Waals surface area contributed by atoms with Crippen molar-refractivity contribution in [2.45, 2.75) is 20.0 Å². The Morgan fingerprint density at radius 2 is 1.82 bits per heavy atom. The normalized spacial score (nSPS) is 11.4. The van der Waals surface area contributed by atoms with Gasteiger partial charge in [0.15, 0.2) is 0 Å². The van der Waals surface area contributed by atoms with Gasteiger partial charge >= 0.3 is 0 Å². The summed E-state index contributed by atoms with van der Waals surface area (Å²) < 4.78 is 9.62. The number of ether oxygens (including phenoxy) is 1. The highest BCUT2D eigenvalue weighted by molar-refractivity contribution is 9.11. The Hall–Kier alpha value is -2.00. The highest BCUT2D eigenvalue weighted by atomic mass is 79.9. The van der Waals surface area contributed by atoms with Crippen molar-refractivity contribution in [2.24, 2.45) is 5.10 Å². The first kappa shape index (κ1) is 24.1. The van der Waals surface area contributed by atoms with Gasteiger partial charge in [0.2, 0.25) is 0 Å². The molecule has 5 nitrogen and oxygen atoms in total. The van der Waals surface area contributed by atoms with Gasteiger partial charge in [-0.25, -0.2) is 4.98 Å². The summed E-state index contributed by atoms with van der Waals surface area (Å²) in [5, 5.41) is 5.60. The van der Waals surface area contributed by atoms with Crippen molar-refractivity contribution in [3.63, 3.8) is 0 Å². The van der Waals surface area contributed by atoms with Gasteiger partial charge in [-0.3, -0.25) is 4.79 Å². The minimum absolute atomic E-state index is 0.216. The maximum Gasteiger partial charge on any atom is 0.282 e. The highest BCUT2D eigenvalue weighted by Gasteiger charge is 2.12. The van der Waals surface area contributed by atoms with E-state index in [1.807, 2.05) is 55.5 Å². The molecule has 3 aromatic carbocycles. The van der Waals surface area contributed by atoms with Crippen molar-refractivity contribution < 1.29 is 4.74 Å². The molecule has 0 spiro atoms. The zero-order chi connectivity index (χ0) is 23.5. The van der Waals surface area contributed by atoms with Crippen LogP contribution in [0.4, 0.5) is 0 Å². The van der Waals surface area contributed by atoms with Crippen LogP contribution >= 0.6 is 59.4 Å².